The average molecular weight is 331 g/mol. The van der Waals surface area contributed by atoms with Crippen LogP contribution in [-0.2, 0) is 4.74 Å². The van der Waals surface area contributed by atoms with Crippen molar-refractivity contribution in [3.8, 4) is 0 Å². The van der Waals surface area contributed by atoms with Gasteiger partial charge in [-0.15, -0.1) is 0 Å². The van der Waals surface area contributed by atoms with Gasteiger partial charge in [0.2, 0.25) is 0 Å². The number of rotatable bonds is 4. The third-order valence-electron chi connectivity index (χ3n) is 3.87. The molecule has 8 heteroatoms. The van der Waals surface area contributed by atoms with E-state index in [0.29, 0.717) is 22.5 Å². The van der Waals surface area contributed by atoms with Crippen molar-refractivity contribution >= 4 is 23.0 Å². The van der Waals surface area contributed by atoms with Crippen molar-refractivity contribution < 1.29 is 14.3 Å². The van der Waals surface area contributed by atoms with Crippen molar-refractivity contribution in [2.24, 2.45) is 0 Å². The number of nitrogens with zero attached hydrogens (tertiary/aromatic N) is 3. The molecular formula is C16H21N5O3. The van der Waals surface area contributed by atoms with Crippen molar-refractivity contribution in [2.75, 3.05) is 6.61 Å². The molecule has 24 heavy (non-hydrogen) atoms. The zero-order valence-corrected chi connectivity index (χ0v) is 14.0. The maximum absolute atomic E-state index is 12.5. The Bertz CT molecular complexity index is 779. The van der Waals surface area contributed by atoms with Crippen LogP contribution >= 0.6 is 0 Å². The second kappa shape index (κ2) is 6.46. The fourth-order valence-electron chi connectivity index (χ4n) is 2.53. The molecule has 0 spiro atoms. The number of carbonyl (C=O) groups excluding carboxylic acids is 2. The molecule has 0 aromatic carbocycles. The van der Waals surface area contributed by atoms with Crippen LogP contribution in [0.5, 0.6) is 0 Å². The van der Waals surface area contributed by atoms with E-state index < -0.39 is 12.0 Å². The van der Waals surface area contributed by atoms with E-state index in [9.17, 15) is 9.59 Å². The van der Waals surface area contributed by atoms with Crippen LogP contribution in [0.4, 0.5) is 4.79 Å². The molecule has 0 saturated heterocycles. The van der Waals surface area contributed by atoms with Gasteiger partial charge in [0.05, 0.1) is 23.8 Å². The highest BCUT2D eigenvalue weighted by atomic mass is 16.5. The monoisotopic (exact) mass is 331 g/mol. The molecule has 1 aliphatic carbocycles. The van der Waals surface area contributed by atoms with Gasteiger partial charge in [0, 0.05) is 17.7 Å². The van der Waals surface area contributed by atoms with Gasteiger partial charge in [-0.05, 0) is 39.7 Å². The third-order valence-corrected chi connectivity index (χ3v) is 3.87. The summed E-state index contributed by atoms with van der Waals surface area (Å²) in [5.74, 6) is -0.0184. The minimum Gasteiger partial charge on any atom is -0.449 e. The molecule has 0 unspecified atom stereocenters. The third kappa shape index (κ3) is 3.17. The summed E-state index contributed by atoms with van der Waals surface area (Å²) in [5, 5.41) is 5.01. The lowest BCUT2D eigenvalue weighted by Crippen LogP contribution is -2.42. The van der Waals surface area contributed by atoms with Crippen LogP contribution in [-0.4, -0.2) is 33.4 Å². The van der Waals surface area contributed by atoms with Crippen LogP contribution in [0.1, 0.15) is 61.6 Å². The van der Waals surface area contributed by atoms with Gasteiger partial charge in [0.1, 0.15) is 0 Å². The summed E-state index contributed by atoms with van der Waals surface area (Å²) in [6, 6.07) is 1.92. The summed E-state index contributed by atoms with van der Waals surface area (Å²) in [6.45, 7) is 5.95. The van der Waals surface area contributed by atoms with Crippen LogP contribution in [0.15, 0.2) is 12.3 Å². The van der Waals surface area contributed by atoms with Gasteiger partial charge in [-0.25, -0.2) is 19.9 Å². The SMILES string of the molecule is CCOC(=O)NNC(=O)c1cc(C2CC2)nc2c1cnn2C(C)C. The maximum atomic E-state index is 12.5. The van der Waals surface area contributed by atoms with Crippen LogP contribution in [0.25, 0.3) is 11.0 Å². The van der Waals surface area contributed by atoms with Crippen LogP contribution < -0.4 is 10.9 Å². The predicted octanol–water partition coefficient (Wildman–Crippen LogP) is 2.28. The van der Waals surface area contributed by atoms with E-state index in [4.69, 9.17) is 9.72 Å². The Morgan fingerprint density at radius 3 is 2.75 bits per heavy atom. The number of carbonyl (C=O) groups is 2. The van der Waals surface area contributed by atoms with E-state index in [-0.39, 0.29) is 12.6 Å². The quantitative estimate of drug-likeness (QED) is 0.838. The minimum atomic E-state index is -0.698. The fraction of sp³-hybridized carbons (Fsp3) is 0.500. The largest absolute Gasteiger partial charge is 0.449 e. The second-order valence-corrected chi connectivity index (χ2v) is 6.09. The molecule has 2 amide bonds. The molecule has 0 atom stereocenters. The summed E-state index contributed by atoms with van der Waals surface area (Å²) >= 11 is 0. The van der Waals surface area contributed by atoms with Gasteiger partial charge in [-0.1, -0.05) is 0 Å². The van der Waals surface area contributed by atoms with Gasteiger partial charge in [-0.2, -0.15) is 5.10 Å². The molecule has 128 valence electrons. The molecule has 2 aromatic rings. The predicted molar refractivity (Wildman–Crippen MR) is 87.5 cm³/mol. The van der Waals surface area contributed by atoms with E-state index in [1.165, 1.54) is 0 Å². The molecular weight excluding hydrogens is 310 g/mol. The molecule has 0 aliphatic heterocycles. The number of amides is 2. The Morgan fingerprint density at radius 2 is 2.12 bits per heavy atom. The summed E-state index contributed by atoms with van der Waals surface area (Å²) in [4.78, 5) is 28.5. The first kappa shape index (κ1) is 16.2. The van der Waals surface area contributed by atoms with Gasteiger partial charge < -0.3 is 4.74 Å². The van der Waals surface area contributed by atoms with E-state index in [2.05, 4.69) is 16.0 Å². The second-order valence-electron chi connectivity index (χ2n) is 6.09. The molecule has 1 aliphatic rings. The molecule has 1 saturated carbocycles. The number of hydrogen-bond acceptors (Lipinski definition) is 5. The van der Waals surface area contributed by atoms with Crippen molar-refractivity contribution in [2.45, 2.75) is 45.6 Å². The molecule has 3 rings (SSSR count). The summed E-state index contributed by atoms with van der Waals surface area (Å²) in [6.07, 6.45) is 3.10. The van der Waals surface area contributed by atoms with Crippen LogP contribution in [0, 0.1) is 0 Å². The van der Waals surface area contributed by atoms with Gasteiger partial charge >= 0.3 is 6.09 Å². The number of hydrogen-bond donors (Lipinski definition) is 2. The zero-order chi connectivity index (χ0) is 17.3. The van der Waals surface area contributed by atoms with Crippen molar-refractivity contribution in [3.05, 3.63) is 23.5 Å². The number of hydrazine groups is 1. The average Bonchev–Trinajstić information content (AvgIpc) is 3.31. The minimum absolute atomic E-state index is 0.137. The number of ether oxygens (including phenoxy) is 1. The van der Waals surface area contributed by atoms with E-state index in [1.54, 1.807) is 23.9 Å². The molecule has 2 heterocycles. The van der Waals surface area contributed by atoms with E-state index in [1.807, 2.05) is 13.8 Å². The molecule has 0 radical (unpaired) electrons. The standard InChI is InChI=1S/C16H21N5O3/c1-4-24-16(23)20-19-15(22)11-7-13(10-5-6-10)18-14-12(11)8-17-21(14)9(2)3/h7-10H,4-6H2,1-3H3,(H,19,22)(H,20,23). The number of fused-ring (bicyclic) bond motifs is 1. The lowest BCUT2D eigenvalue weighted by molar-refractivity contribution is 0.0914. The van der Waals surface area contributed by atoms with E-state index in [0.717, 1.165) is 18.5 Å². The summed E-state index contributed by atoms with van der Waals surface area (Å²) < 4.78 is 6.53. The Balaban J connectivity index is 1.93. The number of pyridine rings is 1. The number of aromatic nitrogens is 3. The maximum Gasteiger partial charge on any atom is 0.426 e. The first-order chi connectivity index (χ1) is 11.5. The summed E-state index contributed by atoms with van der Waals surface area (Å²) in [7, 11) is 0. The van der Waals surface area contributed by atoms with Crippen LogP contribution in [0.2, 0.25) is 0 Å². The highest BCUT2D eigenvalue weighted by molar-refractivity contribution is 6.05. The summed E-state index contributed by atoms with van der Waals surface area (Å²) in [5.41, 5.74) is 6.64. The number of nitrogens with one attached hydrogen (secondary N) is 2. The smallest absolute Gasteiger partial charge is 0.426 e. The zero-order valence-electron chi connectivity index (χ0n) is 14.0. The molecule has 2 N–H and O–H groups in total. The fourth-order valence-corrected chi connectivity index (χ4v) is 2.53. The van der Waals surface area contributed by atoms with Crippen molar-refractivity contribution in [1.82, 2.24) is 25.6 Å². The lowest BCUT2D eigenvalue weighted by Gasteiger charge is -2.11. The van der Waals surface area contributed by atoms with Crippen LogP contribution in [0.3, 0.4) is 0 Å². The Morgan fingerprint density at radius 1 is 1.38 bits per heavy atom. The topological polar surface area (TPSA) is 98.1 Å². The Kier molecular flexibility index (Phi) is 4.37. The molecule has 2 aromatic heterocycles. The van der Waals surface area contributed by atoms with Crippen molar-refractivity contribution in [3.63, 3.8) is 0 Å². The Hall–Kier alpha value is -2.64. The highest BCUT2D eigenvalue weighted by Crippen LogP contribution is 2.40. The van der Waals surface area contributed by atoms with Gasteiger partial charge in [0.15, 0.2) is 5.65 Å². The van der Waals surface area contributed by atoms with Crippen molar-refractivity contribution in [1.29, 1.82) is 0 Å². The normalized spacial score (nSPS) is 14.0. The molecule has 0 bridgehead atoms. The molecule has 1 fully saturated rings. The van der Waals surface area contributed by atoms with Gasteiger partial charge in [0.25, 0.3) is 5.91 Å². The first-order valence-electron chi connectivity index (χ1n) is 8.12. The first-order valence-corrected chi connectivity index (χ1v) is 8.12. The highest BCUT2D eigenvalue weighted by Gasteiger charge is 2.28. The molecule has 8 nitrogen and oxygen atoms in total. The lowest BCUT2D eigenvalue weighted by atomic mass is 10.1. The Labute approximate surface area is 139 Å². The van der Waals surface area contributed by atoms with Gasteiger partial charge in [-0.3, -0.25) is 10.2 Å². The van der Waals surface area contributed by atoms with E-state index >= 15 is 0 Å².